The van der Waals surface area contributed by atoms with Crippen molar-refractivity contribution in [2.75, 3.05) is 17.9 Å². The Morgan fingerprint density at radius 3 is 2.64 bits per heavy atom. The van der Waals surface area contributed by atoms with Gasteiger partial charge in [0.2, 0.25) is 0 Å². The van der Waals surface area contributed by atoms with Crippen LogP contribution in [0.4, 0.5) is 5.69 Å². The summed E-state index contributed by atoms with van der Waals surface area (Å²) in [7, 11) is -1.93. The highest BCUT2D eigenvalue weighted by molar-refractivity contribution is 7.92. The largest absolute Gasteiger partial charge is 0.350 e. The first kappa shape index (κ1) is 22.2. The number of anilines is 1. The van der Waals surface area contributed by atoms with Crippen molar-refractivity contribution < 1.29 is 13.2 Å². The van der Waals surface area contributed by atoms with Crippen LogP contribution in [-0.4, -0.2) is 40.0 Å². The van der Waals surface area contributed by atoms with Gasteiger partial charge >= 0.3 is 0 Å². The van der Waals surface area contributed by atoms with Gasteiger partial charge in [0, 0.05) is 24.2 Å². The number of nitrogens with one attached hydrogen (secondary N) is 2. The van der Waals surface area contributed by atoms with Crippen molar-refractivity contribution >= 4 is 34.0 Å². The van der Waals surface area contributed by atoms with Crippen molar-refractivity contribution in [2.45, 2.75) is 37.2 Å². The second kappa shape index (κ2) is 8.94. The quantitative estimate of drug-likeness (QED) is 0.748. The van der Waals surface area contributed by atoms with Crippen LogP contribution in [0.1, 0.15) is 29.8 Å². The number of hydrogen-bond donors (Lipinski definition) is 2. The fraction of sp³-hybridized carbons (Fsp3) is 0.350. The number of benzene rings is 2. The molecule has 2 unspecified atom stereocenters. The lowest BCUT2D eigenvalue weighted by Gasteiger charge is -2.24. The lowest BCUT2D eigenvalue weighted by Crippen LogP contribution is -2.37. The zero-order valence-electron chi connectivity index (χ0n) is 16.2. The van der Waals surface area contributed by atoms with Gasteiger partial charge < -0.3 is 10.6 Å². The van der Waals surface area contributed by atoms with Crippen LogP contribution in [0.5, 0.6) is 0 Å². The molecule has 2 aromatic rings. The first-order valence-corrected chi connectivity index (χ1v) is 10.5. The van der Waals surface area contributed by atoms with Crippen molar-refractivity contribution in [1.82, 2.24) is 10.6 Å². The monoisotopic (exact) mass is 423 g/mol. The summed E-state index contributed by atoms with van der Waals surface area (Å²) in [6.07, 6.45) is 0.678. The predicted octanol–water partition coefficient (Wildman–Crippen LogP) is 2.59. The highest BCUT2D eigenvalue weighted by Gasteiger charge is 2.36. The fourth-order valence-corrected chi connectivity index (χ4v) is 5.00. The lowest BCUT2D eigenvalue weighted by atomic mass is 10.1. The van der Waals surface area contributed by atoms with E-state index in [9.17, 15) is 13.2 Å². The van der Waals surface area contributed by atoms with Crippen LogP contribution in [-0.2, 0) is 16.4 Å². The molecular weight excluding hydrogens is 398 g/mol. The van der Waals surface area contributed by atoms with Crippen LogP contribution in [0.2, 0.25) is 0 Å². The molecule has 2 aromatic carbocycles. The second-order valence-corrected chi connectivity index (χ2v) is 8.73. The number of sulfonamides is 1. The van der Waals surface area contributed by atoms with Gasteiger partial charge in [-0.15, -0.1) is 12.4 Å². The standard InChI is InChI=1S/C20H25N3O3S.ClH/c1-14(21-3)13-22-20(24)17-8-6-9-18(12-17)27(25,26)23-15(2)11-16-7-4-5-10-19(16)23;/h4-10,12,14-15,21H,11,13H2,1-3H3,(H,22,24);1H. The molecule has 0 saturated carbocycles. The molecule has 0 radical (unpaired) electrons. The Labute approximate surface area is 172 Å². The molecule has 2 N–H and O–H groups in total. The van der Waals surface area contributed by atoms with E-state index in [1.807, 2.05) is 45.2 Å². The molecule has 152 valence electrons. The van der Waals surface area contributed by atoms with Crippen LogP contribution in [0, 0.1) is 0 Å². The molecule has 1 aliphatic heterocycles. The third-order valence-corrected chi connectivity index (χ3v) is 6.78. The maximum Gasteiger partial charge on any atom is 0.264 e. The Hall–Kier alpha value is -2.09. The number of halogens is 1. The Morgan fingerprint density at radius 1 is 1.21 bits per heavy atom. The fourth-order valence-electron chi connectivity index (χ4n) is 3.26. The van der Waals surface area contributed by atoms with Crippen LogP contribution in [0.15, 0.2) is 53.4 Å². The Kier molecular flexibility index (Phi) is 7.09. The first-order valence-electron chi connectivity index (χ1n) is 9.02. The summed E-state index contributed by atoms with van der Waals surface area (Å²) in [5.74, 6) is -0.288. The zero-order valence-corrected chi connectivity index (χ0v) is 17.8. The van der Waals surface area contributed by atoms with E-state index >= 15 is 0 Å². The van der Waals surface area contributed by atoms with Crippen molar-refractivity contribution in [2.24, 2.45) is 0 Å². The number of hydrogen-bond acceptors (Lipinski definition) is 4. The van der Waals surface area contributed by atoms with Gasteiger partial charge in [0.25, 0.3) is 15.9 Å². The third-order valence-electron chi connectivity index (χ3n) is 4.86. The van der Waals surface area contributed by atoms with Crippen LogP contribution < -0.4 is 14.9 Å². The second-order valence-electron chi connectivity index (χ2n) is 6.91. The molecule has 0 aromatic heterocycles. The van der Waals surface area contributed by atoms with E-state index in [-0.39, 0.29) is 35.3 Å². The van der Waals surface area contributed by atoms with E-state index in [4.69, 9.17) is 0 Å². The summed E-state index contributed by atoms with van der Waals surface area (Å²) in [6, 6.07) is 13.7. The van der Waals surface area contributed by atoms with Crippen molar-refractivity contribution in [1.29, 1.82) is 0 Å². The van der Waals surface area contributed by atoms with Gasteiger partial charge in [0.15, 0.2) is 0 Å². The molecule has 1 aliphatic rings. The normalized spacial score (nSPS) is 16.8. The number of fused-ring (bicyclic) bond motifs is 1. The average molecular weight is 424 g/mol. The molecule has 28 heavy (non-hydrogen) atoms. The number of rotatable bonds is 6. The summed E-state index contributed by atoms with van der Waals surface area (Å²) in [5, 5.41) is 5.85. The van der Waals surface area contributed by atoms with Gasteiger partial charge in [-0.2, -0.15) is 0 Å². The van der Waals surface area contributed by atoms with Crippen molar-refractivity contribution in [3.8, 4) is 0 Å². The molecule has 1 heterocycles. The first-order chi connectivity index (χ1) is 12.8. The van der Waals surface area contributed by atoms with Gasteiger partial charge in [-0.25, -0.2) is 8.42 Å². The number of amides is 1. The number of likely N-dealkylation sites (N-methyl/N-ethyl adjacent to an activating group) is 1. The summed E-state index contributed by atoms with van der Waals surface area (Å²) in [5.41, 5.74) is 2.06. The number of para-hydroxylation sites is 1. The van der Waals surface area contributed by atoms with Gasteiger partial charge in [-0.3, -0.25) is 9.10 Å². The summed E-state index contributed by atoms with van der Waals surface area (Å²) in [6.45, 7) is 4.31. The van der Waals surface area contributed by atoms with Crippen LogP contribution in [0.3, 0.4) is 0 Å². The Bertz CT molecular complexity index is 949. The van der Waals surface area contributed by atoms with E-state index in [2.05, 4.69) is 10.6 Å². The van der Waals surface area contributed by atoms with Gasteiger partial charge in [0.05, 0.1) is 10.6 Å². The van der Waals surface area contributed by atoms with E-state index in [1.165, 1.54) is 16.4 Å². The maximum absolute atomic E-state index is 13.3. The van der Waals surface area contributed by atoms with Crippen molar-refractivity contribution in [3.05, 3.63) is 59.7 Å². The SMILES string of the molecule is CNC(C)CNC(=O)c1cccc(S(=O)(=O)N2c3ccccc3CC2C)c1.Cl. The molecule has 0 saturated heterocycles. The van der Waals surface area contributed by atoms with E-state index in [0.717, 1.165) is 5.56 Å². The molecule has 0 fully saturated rings. The Balaban J connectivity index is 0.00000280. The van der Waals surface area contributed by atoms with Crippen molar-refractivity contribution in [3.63, 3.8) is 0 Å². The molecule has 6 nitrogen and oxygen atoms in total. The predicted molar refractivity (Wildman–Crippen MR) is 114 cm³/mol. The minimum absolute atomic E-state index is 0. The van der Waals surface area contributed by atoms with E-state index < -0.39 is 10.0 Å². The summed E-state index contributed by atoms with van der Waals surface area (Å²) in [4.78, 5) is 12.5. The molecule has 3 rings (SSSR count). The zero-order chi connectivity index (χ0) is 19.6. The summed E-state index contributed by atoms with van der Waals surface area (Å²) < 4.78 is 28.0. The van der Waals surface area contributed by atoms with E-state index in [0.29, 0.717) is 24.2 Å². The average Bonchev–Trinajstić information content (AvgIpc) is 3.02. The van der Waals surface area contributed by atoms with Gasteiger partial charge in [-0.05, 0) is 57.1 Å². The van der Waals surface area contributed by atoms with E-state index in [1.54, 1.807) is 12.1 Å². The van der Waals surface area contributed by atoms with Crippen LogP contribution in [0.25, 0.3) is 0 Å². The van der Waals surface area contributed by atoms with Gasteiger partial charge in [0.1, 0.15) is 0 Å². The highest BCUT2D eigenvalue weighted by Crippen LogP contribution is 2.36. The number of nitrogens with zero attached hydrogens (tertiary/aromatic N) is 1. The Morgan fingerprint density at radius 2 is 1.93 bits per heavy atom. The maximum atomic E-state index is 13.3. The highest BCUT2D eigenvalue weighted by atomic mass is 35.5. The minimum atomic E-state index is -3.75. The lowest BCUT2D eigenvalue weighted by molar-refractivity contribution is 0.0950. The third kappa shape index (κ3) is 4.32. The topological polar surface area (TPSA) is 78.5 Å². The molecular formula is C20H26ClN3O3S. The minimum Gasteiger partial charge on any atom is -0.350 e. The smallest absolute Gasteiger partial charge is 0.264 e. The summed E-state index contributed by atoms with van der Waals surface area (Å²) >= 11 is 0. The van der Waals surface area contributed by atoms with Crippen LogP contribution >= 0.6 is 12.4 Å². The molecule has 2 atom stereocenters. The molecule has 0 bridgehead atoms. The number of carbonyl (C=O) groups excluding carboxylic acids is 1. The molecule has 0 spiro atoms. The van der Waals surface area contributed by atoms with Gasteiger partial charge in [-0.1, -0.05) is 24.3 Å². The number of carbonyl (C=O) groups is 1. The molecule has 1 amide bonds. The molecule has 8 heteroatoms. The molecule has 0 aliphatic carbocycles.